The highest BCUT2D eigenvalue weighted by Crippen LogP contribution is 2.25. The lowest BCUT2D eigenvalue weighted by Crippen LogP contribution is -2.55. The molecule has 3 rings (SSSR count). The number of carbonyl (C=O) groups excluding carboxylic acids is 1. The van der Waals surface area contributed by atoms with E-state index >= 15 is 0 Å². The molecular formula is C16H27N5O. The maximum absolute atomic E-state index is 13.0. The quantitative estimate of drug-likeness (QED) is 0.853. The van der Waals surface area contributed by atoms with Gasteiger partial charge in [-0.1, -0.05) is 6.42 Å². The van der Waals surface area contributed by atoms with Crippen LogP contribution >= 0.6 is 0 Å². The molecule has 0 aromatic carbocycles. The predicted molar refractivity (Wildman–Crippen MR) is 84.4 cm³/mol. The molecule has 2 aliphatic rings. The van der Waals surface area contributed by atoms with Gasteiger partial charge >= 0.3 is 0 Å². The van der Waals surface area contributed by atoms with Crippen molar-refractivity contribution in [2.45, 2.75) is 64.1 Å². The standard InChI is InChI=1S/C16H27N5O/c1-13(2)20-9-4-3-7-15(20)16(22)19-8-5-6-14(10-19)21-12-17-11-18-21/h11-15H,3-10H2,1-2H3/t14-,15+/m1/s1. The largest absolute Gasteiger partial charge is 0.339 e. The highest BCUT2D eigenvalue weighted by molar-refractivity contribution is 5.82. The van der Waals surface area contributed by atoms with Gasteiger partial charge in [0.2, 0.25) is 5.91 Å². The summed E-state index contributed by atoms with van der Waals surface area (Å²) in [6.07, 6.45) is 8.84. The normalized spacial score (nSPS) is 27.3. The summed E-state index contributed by atoms with van der Waals surface area (Å²) in [5.41, 5.74) is 0. The van der Waals surface area contributed by atoms with Crippen molar-refractivity contribution in [3.8, 4) is 0 Å². The van der Waals surface area contributed by atoms with Crippen LogP contribution in [0.3, 0.4) is 0 Å². The molecule has 122 valence electrons. The zero-order valence-corrected chi connectivity index (χ0v) is 13.7. The van der Waals surface area contributed by atoms with Crippen LogP contribution in [-0.2, 0) is 4.79 Å². The molecule has 1 aromatic heterocycles. The first kappa shape index (κ1) is 15.5. The lowest BCUT2D eigenvalue weighted by molar-refractivity contribution is -0.141. The monoisotopic (exact) mass is 305 g/mol. The fraction of sp³-hybridized carbons (Fsp3) is 0.812. The van der Waals surface area contributed by atoms with E-state index in [0.717, 1.165) is 38.9 Å². The zero-order chi connectivity index (χ0) is 15.5. The maximum Gasteiger partial charge on any atom is 0.240 e. The summed E-state index contributed by atoms with van der Waals surface area (Å²) >= 11 is 0. The van der Waals surface area contributed by atoms with E-state index in [1.807, 2.05) is 4.68 Å². The Morgan fingerprint density at radius 1 is 1.18 bits per heavy atom. The van der Waals surface area contributed by atoms with E-state index in [-0.39, 0.29) is 12.1 Å². The van der Waals surface area contributed by atoms with Gasteiger partial charge in [0.05, 0.1) is 12.1 Å². The number of likely N-dealkylation sites (tertiary alicyclic amines) is 2. The van der Waals surface area contributed by atoms with Gasteiger partial charge in [0.1, 0.15) is 12.7 Å². The molecule has 1 aromatic rings. The lowest BCUT2D eigenvalue weighted by atomic mass is 9.97. The van der Waals surface area contributed by atoms with Gasteiger partial charge in [0.25, 0.3) is 0 Å². The maximum atomic E-state index is 13.0. The Morgan fingerprint density at radius 3 is 2.77 bits per heavy atom. The first-order chi connectivity index (χ1) is 10.7. The van der Waals surface area contributed by atoms with E-state index in [4.69, 9.17) is 0 Å². The SMILES string of the molecule is CC(C)N1CCCC[C@H]1C(=O)N1CCC[C@@H](n2cncn2)C1. The van der Waals surface area contributed by atoms with Crippen LogP contribution in [0.2, 0.25) is 0 Å². The van der Waals surface area contributed by atoms with Crippen LogP contribution in [0, 0.1) is 0 Å². The van der Waals surface area contributed by atoms with E-state index in [0.29, 0.717) is 11.9 Å². The van der Waals surface area contributed by atoms with Gasteiger partial charge in [0.15, 0.2) is 0 Å². The first-order valence-electron chi connectivity index (χ1n) is 8.55. The molecule has 2 saturated heterocycles. The molecule has 6 nitrogen and oxygen atoms in total. The van der Waals surface area contributed by atoms with E-state index in [2.05, 4.69) is 33.7 Å². The fourth-order valence-corrected chi connectivity index (χ4v) is 3.82. The van der Waals surface area contributed by atoms with Crippen molar-refractivity contribution in [1.29, 1.82) is 0 Å². The van der Waals surface area contributed by atoms with Gasteiger partial charge in [-0.15, -0.1) is 0 Å². The second kappa shape index (κ2) is 6.77. The molecule has 6 heteroatoms. The number of aromatic nitrogens is 3. The second-order valence-corrected chi connectivity index (χ2v) is 6.80. The minimum Gasteiger partial charge on any atom is -0.339 e. The molecule has 3 heterocycles. The summed E-state index contributed by atoms with van der Waals surface area (Å²) in [6, 6.07) is 0.782. The van der Waals surface area contributed by atoms with Crippen LogP contribution in [0.15, 0.2) is 12.7 Å². The van der Waals surface area contributed by atoms with Crippen molar-refractivity contribution < 1.29 is 4.79 Å². The van der Waals surface area contributed by atoms with E-state index in [1.165, 1.54) is 12.8 Å². The lowest BCUT2D eigenvalue weighted by Gasteiger charge is -2.42. The van der Waals surface area contributed by atoms with Crippen LogP contribution in [-0.4, -0.2) is 62.2 Å². The summed E-state index contributed by atoms with van der Waals surface area (Å²) in [6.45, 7) is 7.09. The first-order valence-corrected chi connectivity index (χ1v) is 8.55. The number of hydrogen-bond donors (Lipinski definition) is 0. The summed E-state index contributed by atoms with van der Waals surface area (Å²) in [5, 5.41) is 4.25. The summed E-state index contributed by atoms with van der Waals surface area (Å²) in [4.78, 5) is 21.5. The van der Waals surface area contributed by atoms with Crippen LogP contribution in [0.4, 0.5) is 0 Å². The van der Waals surface area contributed by atoms with Crippen LogP contribution in [0.25, 0.3) is 0 Å². The number of amides is 1. The van der Waals surface area contributed by atoms with Crippen molar-refractivity contribution >= 4 is 5.91 Å². The van der Waals surface area contributed by atoms with Crippen molar-refractivity contribution in [1.82, 2.24) is 24.6 Å². The summed E-state index contributed by atoms with van der Waals surface area (Å²) in [7, 11) is 0. The van der Waals surface area contributed by atoms with Crippen LogP contribution in [0.1, 0.15) is 52.0 Å². The van der Waals surface area contributed by atoms with Crippen LogP contribution in [0.5, 0.6) is 0 Å². The fourth-order valence-electron chi connectivity index (χ4n) is 3.82. The predicted octanol–water partition coefficient (Wildman–Crippen LogP) is 1.70. The van der Waals surface area contributed by atoms with E-state index in [9.17, 15) is 4.79 Å². The summed E-state index contributed by atoms with van der Waals surface area (Å²) in [5.74, 6) is 0.318. The highest BCUT2D eigenvalue weighted by Gasteiger charge is 2.35. The molecule has 22 heavy (non-hydrogen) atoms. The van der Waals surface area contributed by atoms with Crippen molar-refractivity contribution in [2.24, 2.45) is 0 Å². The van der Waals surface area contributed by atoms with Gasteiger partial charge in [-0.25, -0.2) is 9.67 Å². The molecule has 1 amide bonds. The van der Waals surface area contributed by atoms with E-state index < -0.39 is 0 Å². The molecule has 2 aliphatic heterocycles. The number of nitrogens with zero attached hydrogens (tertiary/aromatic N) is 5. The molecule has 0 aliphatic carbocycles. The average Bonchev–Trinajstić information content (AvgIpc) is 3.09. The number of rotatable bonds is 3. The Labute approximate surface area is 132 Å². The molecule has 2 fully saturated rings. The van der Waals surface area contributed by atoms with Crippen molar-refractivity contribution in [3.63, 3.8) is 0 Å². The molecule has 0 saturated carbocycles. The Hall–Kier alpha value is -1.43. The Kier molecular flexibility index (Phi) is 4.76. The highest BCUT2D eigenvalue weighted by atomic mass is 16.2. The molecule has 2 atom stereocenters. The Morgan fingerprint density at radius 2 is 2.05 bits per heavy atom. The minimum absolute atomic E-state index is 0.0725. The molecule has 0 radical (unpaired) electrons. The van der Waals surface area contributed by atoms with E-state index in [1.54, 1.807) is 12.7 Å². The smallest absolute Gasteiger partial charge is 0.240 e. The molecule has 0 unspecified atom stereocenters. The number of piperidine rings is 2. The third-order valence-corrected chi connectivity index (χ3v) is 5.01. The third kappa shape index (κ3) is 3.16. The van der Waals surface area contributed by atoms with Gasteiger partial charge in [0, 0.05) is 19.1 Å². The topological polar surface area (TPSA) is 54.3 Å². The number of hydrogen-bond acceptors (Lipinski definition) is 4. The van der Waals surface area contributed by atoms with Crippen LogP contribution < -0.4 is 0 Å². The molecule has 0 N–H and O–H groups in total. The second-order valence-electron chi connectivity index (χ2n) is 6.80. The van der Waals surface area contributed by atoms with Crippen molar-refractivity contribution in [3.05, 3.63) is 12.7 Å². The Balaban J connectivity index is 1.68. The summed E-state index contributed by atoms with van der Waals surface area (Å²) < 4.78 is 1.90. The zero-order valence-electron chi connectivity index (χ0n) is 13.7. The van der Waals surface area contributed by atoms with Gasteiger partial charge in [-0.3, -0.25) is 9.69 Å². The van der Waals surface area contributed by atoms with Gasteiger partial charge in [-0.05, 0) is 46.1 Å². The average molecular weight is 305 g/mol. The molecular weight excluding hydrogens is 278 g/mol. The Bertz CT molecular complexity index is 487. The molecule has 0 spiro atoms. The van der Waals surface area contributed by atoms with Crippen molar-refractivity contribution in [2.75, 3.05) is 19.6 Å². The molecule has 0 bridgehead atoms. The third-order valence-electron chi connectivity index (χ3n) is 5.01. The van der Waals surface area contributed by atoms with Gasteiger partial charge in [-0.2, -0.15) is 5.10 Å². The number of carbonyl (C=O) groups is 1. The van der Waals surface area contributed by atoms with Gasteiger partial charge < -0.3 is 4.90 Å². The minimum atomic E-state index is 0.0725.